The van der Waals surface area contributed by atoms with E-state index in [9.17, 15) is 0 Å². The van der Waals surface area contributed by atoms with Gasteiger partial charge in [-0.05, 0) is 23.6 Å². The third-order valence-corrected chi connectivity index (χ3v) is 10.3. The van der Waals surface area contributed by atoms with E-state index < -0.39 is 0 Å². The molecule has 0 aromatic heterocycles. The van der Waals surface area contributed by atoms with Crippen molar-refractivity contribution in [2.24, 2.45) is 0 Å². The first-order valence-electron chi connectivity index (χ1n) is 21.1. The highest BCUT2D eigenvalue weighted by molar-refractivity contribution is 6.13. The smallest absolute Gasteiger partial charge is 0.169 e. The zero-order valence-electron chi connectivity index (χ0n) is 31.6. The van der Waals surface area contributed by atoms with Gasteiger partial charge >= 0.3 is 0 Å². The molecule has 0 atom stereocenters. The molecule has 0 bridgehead atoms. The van der Waals surface area contributed by atoms with Gasteiger partial charge in [-0.3, -0.25) is 0 Å². The fraction of sp³-hybridized carbons (Fsp3) is 0.696. The highest BCUT2D eigenvalue weighted by Crippen LogP contribution is 2.43. The molecule has 0 aliphatic carbocycles. The van der Waals surface area contributed by atoms with Crippen molar-refractivity contribution >= 4 is 21.5 Å². The van der Waals surface area contributed by atoms with Crippen LogP contribution >= 0.6 is 0 Å². The van der Waals surface area contributed by atoms with Gasteiger partial charge in [-0.25, -0.2) is 0 Å². The summed E-state index contributed by atoms with van der Waals surface area (Å²) in [6, 6.07) is 17.4. The summed E-state index contributed by atoms with van der Waals surface area (Å²) in [6.07, 6.45) is 38.5. The van der Waals surface area contributed by atoms with Crippen LogP contribution in [0.2, 0.25) is 0 Å². The molecular formula is C46H74O2. The summed E-state index contributed by atoms with van der Waals surface area (Å²) in [5, 5.41) is 4.87. The predicted molar refractivity (Wildman–Crippen MR) is 213 cm³/mol. The predicted octanol–water partition coefficient (Wildman–Crippen LogP) is 15.7. The second-order valence-electron chi connectivity index (χ2n) is 14.6. The maximum Gasteiger partial charge on any atom is 0.169 e. The van der Waals surface area contributed by atoms with E-state index in [0.29, 0.717) is 0 Å². The Bertz CT molecular complexity index is 1090. The van der Waals surface area contributed by atoms with E-state index in [1.807, 2.05) is 0 Å². The summed E-state index contributed by atoms with van der Waals surface area (Å²) in [5.41, 5.74) is 0. The van der Waals surface area contributed by atoms with Gasteiger partial charge in [-0.1, -0.05) is 229 Å². The van der Waals surface area contributed by atoms with Crippen molar-refractivity contribution in [1.82, 2.24) is 0 Å². The second kappa shape index (κ2) is 27.6. The molecule has 0 unspecified atom stereocenters. The van der Waals surface area contributed by atoms with E-state index in [4.69, 9.17) is 9.47 Å². The Hall–Kier alpha value is -2.22. The molecule has 0 saturated carbocycles. The van der Waals surface area contributed by atoms with Gasteiger partial charge in [-0.2, -0.15) is 0 Å². The Morgan fingerprint density at radius 1 is 0.292 bits per heavy atom. The van der Waals surface area contributed by atoms with Crippen LogP contribution < -0.4 is 9.47 Å². The number of benzene rings is 3. The van der Waals surface area contributed by atoms with Crippen molar-refractivity contribution in [1.29, 1.82) is 0 Å². The molecule has 0 heterocycles. The lowest BCUT2D eigenvalue weighted by molar-refractivity contribution is 0.263. The molecule has 48 heavy (non-hydrogen) atoms. The topological polar surface area (TPSA) is 18.5 Å². The third-order valence-electron chi connectivity index (χ3n) is 10.3. The van der Waals surface area contributed by atoms with Crippen molar-refractivity contribution < 1.29 is 9.47 Å². The van der Waals surface area contributed by atoms with Crippen LogP contribution in [0.25, 0.3) is 21.5 Å². The normalized spacial score (nSPS) is 11.5. The summed E-state index contributed by atoms with van der Waals surface area (Å²) >= 11 is 0. The molecule has 0 amide bonds. The maximum absolute atomic E-state index is 6.62. The number of unbranched alkanes of at least 4 members (excludes halogenated alkanes) is 26. The van der Waals surface area contributed by atoms with Crippen LogP contribution in [-0.2, 0) is 0 Å². The van der Waals surface area contributed by atoms with Gasteiger partial charge in [-0.15, -0.1) is 0 Å². The van der Waals surface area contributed by atoms with E-state index in [-0.39, 0.29) is 0 Å². The summed E-state index contributed by atoms with van der Waals surface area (Å²) in [7, 11) is 0. The number of ether oxygens (including phenoxy) is 2. The highest BCUT2D eigenvalue weighted by atomic mass is 16.5. The van der Waals surface area contributed by atoms with Crippen LogP contribution in [0.15, 0.2) is 48.5 Å². The fourth-order valence-corrected chi connectivity index (χ4v) is 7.30. The Labute approximate surface area is 297 Å². The Morgan fingerprint density at radius 3 is 0.792 bits per heavy atom. The summed E-state index contributed by atoms with van der Waals surface area (Å²) < 4.78 is 13.2. The van der Waals surface area contributed by atoms with Crippen LogP contribution in [0.3, 0.4) is 0 Å². The zero-order chi connectivity index (χ0) is 33.7. The number of hydrogen-bond donors (Lipinski definition) is 0. The summed E-state index contributed by atoms with van der Waals surface area (Å²) in [4.78, 5) is 0. The van der Waals surface area contributed by atoms with Crippen molar-refractivity contribution in [3.8, 4) is 11.5 Å². The quantitative estimate of drug-likeness (QED) is 0.0491. The molecule has 0 radical (unpaired) electrons. The van der Waals surface area contributed by atoms with E-state index in [1.54, 1.807) is 0 Å². The van der Waals surface area contributed by atoms with E-state index >= 15 is 0 Å². The highest BCUT2D eigenvalue weighted by Gasteiger charge is 2.17. The molecular weight excluding hydrogens is 585 g/mol. The molecule has 0 fully saturated rings. The lowest BCUT2D eigenvalue weighted by Gasteiger charge is -2.18. The Morgan fingerprint density at radius 2 is 0.521 bits per heavy atom. The minimum Gasteiger partial charge on any atom is -0.489 e. The first-order chi connectivity index (χ1) is 23.9. The third kappa shape index (κ3) is 16.5. The van der Waals surface area contributed by atoms with Crippen molar-refractivity contribution in [2.45, 2.75) is 194 Å². The molecule has 0 spiro atoms. The molecule has 0 saturated heterocycles. The van der Waals surface area contributed by atoms with Gasteiger partial charge in [0.1, 0.15) is 0 Å². The molecule has 3 aromatic rings. The molecule has 2 heteroatoms. The molecule has 0 aliphatic heterocycles. The molecule has 0 aliphatic rings. The van der Waals surface area contributed by atoms with Gasteiger partial charge in [0.25, 0.3) is 0 Å². The van der Waals surface area contributed by atoms with Crippen LogP contribution in [0.4, 0.5) is 0 Å². The van der Waals surface area contributed by atoms with Crippen molar-refractivity contribution in [3.63, 3.8) is 0 Å². The second-order valence-corrected chi connectivity index (χ2v) is 14.6. The molecule has 3 rings (SSSR count). The maximum atomic E-state index is 6.62. The van der Waals surface area contributed by atoms with Crippen LogP contribution in [0.1, 0.15) is 194 Å². The first-order valence-corrected chi connectivity index (χ1v) is 21.1. The number of hydrogen-bond acceptors (Lipinski definition) is 2. The lowest BCUT2D eigenvalue weighted by atomic mass is 10.00. The van der Waals surface area contributed by atoms with Crippen LogP contribution in [0, 0.1) is 0 Å². The fourth-order valence-electron chi connectivity index (χ4n) is 7.30. The van der Waals surface area contributed by atoms with Gasteiger partial charge in [0.15, 0.2) is 11.5 Å². The van der Waals surface area contributed by atoms with Crippen molar-refractivity contribution in [3.05, 3.63) is 48.5 Å². The average molecular weight is 659 g/mol. The minimum atomic E-state index is 0.760. The largest absolute Gasteiger partial charge is 0.489 e. The monoisotopic (exact) mass is 659 g/mol. The standard InChI is InChI=1S/C46H74O2/c1-3-5-7-9-11-13-15-17-19-21-23-25-27-33-39-47-45-43-37-31-29-35-41(43)42-36-30-32-38-44(42)46(45)48-40-34-28-26-24-22-20-18-16-14-12-10-8-6-4-2/h29-32,35-38H,3-28,33-34,39-40H2,1-2H3. The Kier molecular flexibility index (Phi) is 23.1. The van der Waals surface area contributed by atoms with Gasteiger partial charge in [0.05, 0.1) is 13.2 Å². The summed E-state index contributed by atoms with van der Waals surface area (Å²) in [5.74, 6) is 1.90. The van der Waals surface area contributed by atoms with Crippen LogP contribution in [-0.4, -0.2) is 13.2 Å². The van der Waals surface area contributed by atoms with Gasteiger partial charge in [0, 0.05) is 10.8 Å². The SMILES string of the molecule is CCCCCCCCCCCCCCCCOc1c(OCCCCCCCCCCCCCCCC)c2ccccc2c2ccccc12. The first kappa shape index (κ1) is 40.2. The lowest BCUT2D eigenvalue weighted by Crippen LogP contribution is -2.04. The van der Waals surface area contributed by atoms with Gasteiger partial charge < -0.3 is 9.47 Å². The van der Waals surface area contributed by atoms with E-state index in [0.717, 1.165) is 37.6 Å². The molecule has 2 nitrogen and oxygen atoms in total. The molecule has 0 N–H and O–H groups in total. The van der Waals surface area contributed by atoms with Crippen LogP contribution in [0.5, 0.6) is 11.5 Å². The average Bonchev–Trinajstić information content (AvgIpc) is 3.12. The summed E-state index contributed by atoms with van der Waals surface area (Å²) in [6.45, 7) is 6.12. The Balaban J connectivity index is 1.35. The number of fused-ring (bicyclic) bond motifs is 3. The minimum absolute atomic E-state index is 0.760. The van der Waals surface area contributed by atoms with E-state index in [1.165, 1.54) is 188 Å². The van der Waals surface area contributed by atoms with Crippen molar-refractivity contribution in [2.75, 3.05) is 13.2 Å². The number of rotatable bonds is 32. The zero-order valence-corrected chi connectivity index (χ0v) is 31.6. The molecule has 270 valence electrons. The van der Waals surface area contributed by atoms with E-state index in [2.05, 4.69) is 62.4 Å². The van der Waals surface area contributed by atoms with Gasteiger partial charge in [0.2, 0.25) is 0 Å². The molecule has 3 aromatic carbocycles.